The lowest BCUT2D eigenvalue weighted by Crippen LogP contribution is -2.32. The predicted molar refractivity (Wildman–Crippen MR) is 121 cm³/mol. The normalized spacial score (nSPS) is 14.9. The third-order valence-electron chi connectivity index (χ3n) is 5.02. The quantitative estimate of drug-likeness (QED) is 0.606. The van der Waals surface area contributed by atoms with Crippen molar-refractivity contribution in [2.75, 3.05) is 32.1 Å². The summed E-state index contributed by atoms with van der Waals surface area (Å²) in [6, 6.07) is 10.6. The number of ether oxygens (including phenoxy) is 2. The maximum absolute atomic E-state index is 13.2. The number of nitrogens with one attached hydrogen (secondary N) is 1. The van der Waals surface area contributed by atoms with E-state index < -0.39 is 28.5 Å². The van der Waals surface area contributed by atoms with Gasteiger partial charge in [-0.2, -0.15) is 4.31 Å². The first kappa shape index (κ1) is 24.0. The number of methoxy groups -OCH3 is 1. The molecular formula is C22H25ClN2O6S. The average molecular weight is 481 g/mol. The molecule has 1 aliphatic heterocycles. The van der Waals surface area contributed by atoms with Crippen LogP contribution < -0.4 is 10.1 Å². The van der Waals surface area contributed by atoms with Gasteiger partial charge in [0, 0.05) is 23.8 Å². The van der Waals surface area contributed by atoms with Gasteiger partial charge in [0.25, 0.3) is 5.91 Å². The van der Waals surface area contributed by atoms with E-state index in [4.69, 9.17) is 21.1 Å². The van der Waals surface area contributed by atoms with Crippen LogP contribution in [-0.2, 0) is 19.6 Å². The number of carbonyl (C=O) groups excluding carboxylic acids is 2. The first-order chi connectivity index (χ1) is 15.3. The Hall–Kier alpha value is -2.62. The highest BCUT2D eigenvalue weighted by atomic mass is 35.5. The molecule has 2 aromatic rings. The molecular weight excluding hydrogens is 456 g/mol. The number of sulfonamides is 1. The van der Waals surface area contributed by atoms with Crippen molar-refractivity contribution in [1.29, 1.82) is 0 Å². The molecule has 0 unspecified atom stereocenters. The predicted octanol–water partition coefficient (Wildman–Crippen LogP) is 3.71. The summed E-state index contributed by atoms with van der Waals surface area (Å²) in [6.45, 7) is 0.305. The van der Waals surface area contributed by atoms with Crippen LogP contribution in [0.4, 0.5) is 5.69 Å². The van der Waals surface area contributed by atoms with Crippen molar-refractivity contribution in [2.45, 2.75) is 30.6 Å². The fourth-order valence-corrected chi connectivity index (χ4v) is 5.29. The maximum atomic E-state index is 13.2. The topological polar surface area (TPSA) is 102 Å². The van der Waals surface area contributed by atoms with Gasteiger partial charge in [-0.15, -0.1) is 0 Å². The summed E-state index contributed by atoms with van der Waals surface area (Å²) in [4.78, 5) is 24.5. The number of benzene rings is 2. The Bertz CT molecular complexity index is 1080. The first-order valence-corrected chi connectivity index (χ1v) is 12.0. The van der Waals surface area contributed by atoms with Crippen molar-refractivity contribution in [3.05, 3.63) is 53.1 Å². The summed E-state index contributed by atoms with van der Waals surface area (Å²) >= 11 is 5.88. The second-order valence-electron chi connectivity index (χ2n) is 7.32. The number of esters is 1. The Morgan fingerprint density at radius 2 is 1.78 bits per heavy atom. The van der Waals surface area contributed by atoms with E-state index in [1.807, 2.05) is 0 Å². The Kier molecular flexibility index (Phi) is 8.11. The number of hydrogen-bond acceptors (Lipinski definition) is 6. The highest BCUT2D eigenvalue weighted by Crippen LogP contribution is 2.29. The van der Waals surface area contributed by atoms with Crippen molar-refractivity contribution in [3.8, 4) is 5.75 Å². The molecule has 1 amide bonds. The van der Waals surface area contributed by atoms with Crippen LogP contribution in [0.15, 0.2) is 47.4 Å². The molecule has 1 N–H and O–H groups in total. The van der Waals surface area contributed by atoms with E-state index >= 15 is 0 Å². The van der Waals surface area contributed by atoms with Crippen LogP contribution in [0.5, 0.6) is 5.75 Å². The molecule has 0 atom stereocenters. The molecule has 32 heavy (non-hydrogen) atoms. The van der Waals surface area contributed by atoms with Gasteiger partial charge in [0.1, 0.15) is 10.6 Å². The van der Waals surface area contributed by atoms with Crippen molar-refractivity contribution in [3.63, 3.8) is 0 Å². The Morgan fingerprint density at radius 1 is 1.06 bits per heavy atom. The fourth-order valence-electron chi connectivity index (χ4n) is 3.40. The van der Waals surface area contributed by atoms with E-state index in [2.05, 4.69) is 5.32 Å². The number of rotatable bonds is 7. The molecule has 0 aromatic heterocycles. The minimum Gasteiger partial charge on any atom is -0.495 e. The molecule has 2 aromatic carbocycles. The van der Waals surface area contributed by atoms with E-state index in [1.165, 1.54) is 29.6 Å². The van der Waals surface area contributed by atoms with Crippen LogP contribution in [-0.4, -0.2) is 51.4 Å². The van der Waals surface area contributed by atoms with Crippen molar-refractivity contribution < 1.29 is 27.5 Å². The fraction of sp³-hybridized carbons (Fsp3) is 0.364. The lowest BCUT2D eigenvalue weighted by Gasteiger charge is -2.21. The Labute approximate surface area is 192 Å². The molecule has 1 saturated heterocycles. The highest BCUT2D eigenvalue weighted by Gasteiger charge is 2.29. The van der Waals surface area contributed by atoms with Crippen molar-refractivity contribution >= 4 is 39.2 Å². The van der Waals surface area contributed by atoms with E-state index in [0.717, 1.165) is 25.7 Å². The van der Waals surface area contributed by atoms with Gasteiger partial charge in [-0.1, -0.05) is 30.5 Å². The monoisotopic (exact) mass is 480 g/mol. The van der Waals surface area contributed by atoms with Gasteiger partial charge in [-0.05, 0) is 49.2 Å². The zero-order valence-corrected chi connectivity index (χ0v) is 19.2. The van der Waals surface area contributed by atoms with E-state index in [0.29, 0.717) is 23.8 Å². The number of nitrogens with zero attached hydrogens (tertiary/aromatic N) is 1. The molecule has 0 aliphatic carbocycles. The van der Waals surface area contributed by atoms with Gasteiger partial charge in [0.2, 0.25) is 10.0 Å². The smallest absolute Gasteiger partial charge is 0.338 e. The van der Waals surface area contributed by atoms with Crippen LogP contribution in [0.1, 0.15) is 36.0 Å². The molecule has 8 nitrogen and oxygen atoms in total. The second-order valence-corrected chi connectivity index (χ2v) is 9.66. The molecule has 0 radical (unpaired) electrons. The number of carbonyl (C=O) groups is 2. The SMILES string of the molecule is COc1ccc(C(=O)OCC(=O)Nc2cccc(Cl)c2)cc1S(=O)(=O)N1CCCCCC1. The van der Waals surface area contributed by atoms with E-state index in [1.54, 1.807) is 24.3 Å². The van der Waals surface area contributed by atoms with Crippen LogP contribution in [0.2, 0.25) is 5.02 Å². The van der Waals surface area contributed by atoms with Crippen LogP contribution in [0.25, 0.3) is 0 Å². The molecule has 10 heteroatoms. The number of anilines is 1. The first-order valence-electron chi connectivity index (χ1n) is 10.2. The zero-order valence-electron chi connectivity index (χ0n) is 17.7. The van der Waals surface area contributed by atoms with Crippen LogP contribution in [0.3, 0.4) is 0 Å². The molecule has 0 spiro atoms. The average Bonchev–Trinajstić information content (AvgIpc) is 3.07. The number of hydrogen-bond donors (Lipinski definition) is 1. The minimum atomic E-state index is -3.85. The highest BCUT2D eigenvalue weighted by molar-refractivity contribution is 7.89. The maximum Gasteiger partial charge on any atom is 0.338 e. The van der Waals surface area contributed by atoms with Gasteiger partial charge in [0.15, 0.2) is 6.61 Å². The molecule has 0 saturated carbocycles. The molecule has 1 fully saturated rings. The van der Waals surface area contributed by atoms with Gasteiger partial charge >= 0.3 is 5.97 Å². The molecule has 1 aliphatic rings. The summed E-state index contributed by atoms with van der Waals surface area (Å²) in [5, 5.41) is 3.02. The zero-order chi connectivity index (χ0) is 23.1. The lowest BCUT2D eigenvalue weighted by molar-refractivity contribution is -0.119. The summed E-state index contributed by atoms with van der Waals surface area (Å²) in [6.07, 6.45) is 3.52. The second kappa shape index (κ2) is 10.8. The molecule has 0 bridgehead atoms. The summed E-state index contributed by atoms with van der Waals surface area (Å²) in [7, 11) is -2.48. The Balaban J connectivity index is 1.72. The summed E-state index contributed by atoms with van der Waals surface area (Å²) < 4.78 is 38.1. The van der Waals surface area contributed by atoms with Crippen LogP contribution in [0, 0.1) is 0 Å². The van der Waals surface area contributed by atoms with E-state index in [-0.39, 0.29) is 16.2 Å². The third kappa shape index (κ3) is 5.99. The largest absolute Gasteiger partial charge is 0.495 e. The van der Waals surface area contributed by atoms with Gasteiger partial charge in [-0.25, -0.2) is 13.2 Å². The van der Waals surface area contributed by atoms with Crippen molar-refractivity contribution in [2.24, 2.45) is 0 Å². The standard InChI is InChI=1S/C22H25ClN2O6S/c1-30-19-10-9-16(13-20(19)32(28,29)25-11-4-2-3-5-12-25)22(27)31-15-21(26)24-18-8-6-7-17(23)14-18/h6-10,13-14H,2-5,11-12,15H2,1H3,(H,24,26). The molecule has 3 rings (SSSR count). The van der Waals surface area contributed by atoms with Crippen molar-refractivity contribution in [1.82, 2.24) is 4.31 Å². The summed E-state index contributed by atoms with van der Waals surface area (Å²) in [5.41, 5.74) is 0.476. The van der Waals surface area contributed by atoms with Gasteiger partial charge in [0.05, 0.1) is 12.7 Å². The van der Waals surface area contributed by atoms with Crippen LogP contribution >= 0.6 is 11.6 Å². The molecule has 172 valence electrons. The number of amides is 1. The minimum absolute atomic E-state index is 0.00903. The molecule has 1 heterocycles. The third-order valence-corrected chi connectivity index (χ3v) is 7.18. The van der Waals surface area contributed by atoms with Gasteiger partial charge in [-0.3, -0.25) is 4.79 Å². The Morgan fingerprint density at radius 3 is 2.44 bits per heavy atom. The van der Waals surface area contributed by atoms with E-state index in [9.17, 15) is 18.0 Å². The van der Waals surface area contributed by atoms with Gasteiger partial charge < -0.3 is 14.8 Å². The summed E-state index contributed by atoms with van der Waals surface area (Å²) in [5.74, 6) is -1.22. The number of halogens is 1. The lowest BCUT2D eigenvalue weighted by atomic mass is 10.2.